The largest absolute Gasteiger partial charge is 0.304 e. The molecule has 21 heavy (non-hydrogen) atoms. The minimum Gasteiger partial charge on any atom is -0.304 e. The van der Waals surface area contributed by atoms with Gasteiger partial charge in [-0.15, -0.1) is 0 Å². The Morgan fingerprint density at radius 2 is 1.62 bits per heavy atom. The summed E-state index contributed by atoms with van der Waals surface area (Å²) in [5.41, 5.74) is 1.97. The highest BCUT2D eigenvalue weighted by Crippen LogP contribution is 2.06. The molecule has 0 heterocycles. The van der Waals surface area contributed by atoms with Crippen LogP contribution in [0.3, 0.4) is 0 Å². The van der Waals surface area contributed by atoms with E-state index in [-0.39, 0.29) is 5.78 Å². The highest BCUT2D eigenvalue weighted by Gasteiger charge is 2.11. The molecule has 0 atom stereocenters. The van der Waals surface area contributed by atoms with Gasteiger partial charge in [0.2, 0.25) is 0 Å². The molecule has 1 aromatic carbocycles. The van der Waals surface area contributed by atoms with Gasteiger partial charge in [-0.1, -0.05) is 44.5 Å². The third-order valence-corrected chi connectivity index (χ3v) is 4.00. The minimum absolute atomic E-state index is 0.225. The van der Waals surface area contributed by atoms with Gasteiger partial charge in [-0.3, -0.25) is 9.69 Å². The monoisotopic (exact) mass is 290 g/mol. The van der Waals surface area contributed by atoms with Crippen molar-refractivity contribution in [1.29, 1.82) is 0 Å². The minimum atomic E-state index is 0.225. The fourth-order valence-corrected chi connectivity index (χ4v) is 2.52. The van der Waals surface area contributed by atoms with Crippen LogP contribution in [-0.2, 0) is 0 Å². The predicted octanol–water partition coefficient (Wildman–Crippen LogP) is 3.23. The molecule has 0 aliphatic heterocycles. The molecule has 0 saturated heterocycles. The van der Waals surface area contributed by atoms with E-state index in [4.69, 9.17) is 0 Å². The van der Waals surface area contributed by atoms with Crippen molar-refractivity contribution in [3.63, 3.8) is 0 Å². The zero-order valence-electron chi connectivity index (χ0n) is 14.1. The fourth-order valence-electron chi connectivity index (χ4n) is 2.52. The van der Waals surface area contributed by atoms with Crippen molar-refractivity contribution in [3.05, 3.63) is 35.4 Å². The number of hydrogen-bond donors (Lipinski definition) is 0. The quantitative estimate of drug-likeness (QED) is 0.618. The van der Waals surface area contributed by atoms with E-state index in [9.17, 15) is 4.79 Å². The van der Waals surface area contributed by atoms with Crippen molar-refractivity contribution in [1.82, 2.24) is 9.80 Å². The van der Waals surface area contributed by atoms with Gasteiger partial charge in [0, 0.05) is 5.56 Å². The molecule has 0 saturated carbocycles. The van der Waals surface area contributed by atoms with Gasteiger partial charge in [0.15, 0.2) is 5.78 Å². The highest BCUT2D eigenvalue weighted by molar-refractivity contribution is 5.97. The van der Waals surface area contributed by atoms with Gasteiger partial charge < -0.3 is 4.90 Å². The standard InChI is InChI=1S/C18H30N2O/c1-5-19(6-2)12-9-13-20(7-3)15-18(21)17-11-8-10-16(4)14-17/h8,10-11,14H,5-7,9,12-13,15H2,1-4H3. The molecule has 0 aromatic heterocycles. The van der Waals surface area contributed by atoms with Crippen LogP contribution in [0.1, 0.15) is 43.1 Å². The number of nitrogens with zero attached hydrogens (tertiary/aromatic N) is 2. The molecular weight excluding hydrogens is 260 g/mol. The number of likely N-dealkylation sites (N-methyl/N-ethyl adjacent to an activating group) is 1. The summed E-state index contributed by atoms with van der Waals surface area (Å²) in [6.07, 6.45) is 1.12. The summed E-state index contributed by atoms with van der Waals surface area (Å²) in [6, 6.07) is 7.88. The molecule has 3 nitrogen and oxygen atoms in total. The molecule has 3 heteroatoms. The fraction of sp³-hybridized carbons (Fsp3) is 0.611. The Labute approximate surface area is 129 Å². The lowest BCUT2D eigenvalue weighted by Gasteiger charge is -2.22. The van der Waals surface area contributed by atoms with Crippen LogP contribution in [0.4, 0.5) is 0 Å². The Morgan fingerprint density at radius 3 is 2.19 bits per heavy atom. The van der Waals surface area contributed by atoms with Crippen LogP contribution in [0.2, 0.25) is 0 Å². The number of aryl methyl sites for hydroxylation is 1. The van der Waals surface area contributed by atoms with Crippen molar-refractivity contribution < 1.29 is 4.79 Å². The molecule has 1 aromatic rings. The maximum Gasteiger partial charge on any atom is 0.176 e. The van der Waals surface area contributed by atoms with Gasteiger partial charge in [-0.05, 0) is 52.1 Å². The third-order valence-electron chi connectivity index (χ3n) is 4.00. The molecule has 1 rings (SSSR count). The molecule has 0 unspecified atom stereocenters. The van der Waals surface area contributed by atoms with Crippen LogP contribution < -0.4 is 0 Å². The Hall–Kier alpha value is -1.19. The van der Waals surface area contributed by atoms with Crippen molar-refractivity contribution in [3.8, 4) is 0 Å². The van der Waals surface area contributed by atoms with E-state index in [0.717, 1.165) is 50.3 Å². The number of Topliss-reactive ketones (excluding diaryl/α,β-unsaturated/α-hetero) is 1. The summed E-state index contributed by atoms with van der Waals surface area (Å²) in [5, 5.41) is 0. The molecule has 0 radical (unpaired) electrons. The lowest BCUT2D eigenvalue weighted by atomic mass is 10.1. The molecule has 0 bridgehead atoms. The van der Waals surface area contributed by atoms with Gasteiger partial charge in [-0.2, -0.15) is 0 Å². The van der Waals surface area contributed by atoms with Crippen LogP contribution >= 0.6 is 0 Å². The number of carbonyl (C=O) groups excluding carboxylic acids is 1. The predicted molar refractivity (Wildman–Crippen MR) is 90.0 cm³/mol. The topological polar surface area (TPSA) is 23.6 Å². The summed E-state index contributed by atoms with van der Waals surface area (Å²) < 4.78 is 0. The van der Waals surface area contributed by atoms with Crippen LogP contribution in [0.5, 0.6) is 0 Å². The molecule has 0 spiro atoms. The average molecular weight is 290 g/mol. The smallest absolute Gasteiger partial charge is 0.176 e. The first-order valence-corrected chi connectivity index (χ1v) is 8.15. The molecule has 0 aliphatic rings. The Kier molecular flexibility index (Phi) is 8.24. The maximum atomic E-state index is 12.3. The summed E-state index contributed by atoms with van der Waals surface area (Å²) in [6.45, 7) is 14.3. The van der Waals surface area contributed by atoms with Gasteiger partial charge in [0.25, 0.3) is 0 Å². The molecule has 0 aliphatic carbocycles. The molecule has 118 valence electrons. The number of hydrogen-bond acceptors (Lipinski definition) is 3. The molecular formula is C18H30N2O. The van der Waals surface area contributed by atoms with E-state index in [1.165, 1.54) is 0 Å². The van der Waals surface area contributed by atoms with E-state index in [1.54, 1.807) is 0 Å². The Morgan fingerprint density at radius 1 is 1.00 bits per heavy atom. The maximum absolute atomic E-state index is 12.3. The summed E-state index contributed by atoms with van der Waals surface area (Å²) in [7, 11) is 0. The Balaban J connectivity index is 2.44. The van der Waals surface area contributed by atoms with Gasteiger partial charge in [-0.25, -0.2) is 0 Å². The summed E-state index contributed by atoms with van der Waals surface area (Å²) >= 11 is 0. The second kappa shape index (κ2) is 9.69. The number of benzene rings is 1. The first-order chi connectivity index (χ1) is 10.1. The Bertz CT molecular complexity index is 427. The number of ketones is 1. The lowest BCUT2D eigenvalue weighted by molar-refractivity contribution is 0.0930. The highest BCUT2D eigenvalue weighted by atomic mass is 16.1. The van der Waals surface area contributed by atoms with E-state index < -0.39 is 0 Å². The zero-order chi connectivity index (χ0) is 15.7. The van der Waals surface area contributed by atoms with E-state index >= 15 is 0 Å². The zero-order valence-corrected chi connectivity index (χ0v) is 14.1. The normalized spacial score (nSPS) is 11.3. The van der Waals surface area contributed by atoms with E-state index in [1.807, 2.05) is 31.2 Å². The molecule has 0 fully saturated rings. The van der Waals surface area contributed by atoms with Crippen LogP contribution in [0, 0.1) is 6.92 Å². The van der Waals surface area contributed by atoms with Gasteiger partial charge >= 0.3 is 0 Å². The molecule has 0 N–H and O–H groups in total. The van der Waals surface area contributed by atoms with Gasteiger partial charge in [0.1, 0.15) is 0 Å². The van der Waals surface area contributed by atoms with Crippen molar-refractivity contribution in [2.75, 3.05) is 39.3 Å². The lowest BCUT2D eigenvalue weighted by Crippen LogP contribution is -2.33. The summed E-state index contributed by atoms with van der Waals surface area (Å²) in [5.74, 6) is 0.225. The van der Waals surface area contributed by atoms with Crippen molar-refractivity contribution >= 4 is 5.78 Å². The van der Waals surface area contributed by atoms with Crippen molar-refractivity contribution in [2.45, 2.75) is 34.1 Å². The third kappa shape index (κ3) is 6.40. The second-order valence-electron chi connectivity index (χ2n) is 5.54. The van der Waals surface area contributed by atoms with E-state index in [2.05, 4.69) is 30.6 Å². The number of rotatable bonds is 10. The van der Waals surface area contributed by atoms with Crippen LogP contribution in [0.25, 0.3) is 0 Å². The van der Waals surface area contributed by atoms with Crippen LogP contribution in [0.15, 0.2) is 24.3 Å². The van der Waals surface area contributed by atoms with E-state index in [0.29, 0.717) is 6.54 Å². The first-order valence-electron chi connectivity index (χ1n) is 8.15. The first kappa shape index (κ1) is 17.9. The molecule has 0 amide bonds. The number of carbonyl (C=O) groups is 1. The second-order valence-corrected chi connectivity index (χ2v) is 5.54. The summed E-state index contributed by atoms with van der Waals surface area (Å²) in [4.78, 5) is 17.0. The van der Waals surface area contributed by atoms with Crippen molar-refractivity contribution in [2.24, 2.45) is 0 Å². The van der Waals surface area contributed by atoms with Crippen LogP contribution in [-0.4, -0.2) is 54.9 Å². The van der Waals surface area contributed by atoms with Gasteiger partial charge in [0.05, 0.1) is 6.54 Å². The average Bonchev–Trinajstić information content (AvgIpc) is 2.50. The SMILES string of the molecule is CCN(CC)CCCN(CC)CC(=O)c1cccc(C)c1.